The van der Waals surface area contributed by atoms with Gasteiger partial charge in [-0.2, -0.15) is 0 Å². The summed E-state index contributed by atoms with van der Waals surface area (Å²) in [6.07, 6.45) is 6.09. The van der Waals surface area contributed by atoms with Crippen molar-refractivity contribution in [1.82, 2.24) is 14.9 Å². The van der Waals surface area contributed by atoms with Gasteiger partial charge in [-0.3, -0.25) is 4.79 Å². The van der Waals surface area contributed by atoms with Gasteiger partial charge in [-0.25, -0.2) is 9.97 Å². The van der Waals surface area contributed by atoms with Gasteiger partial charge in [-0.15, -0.1) is 0 Å². The number of carbonyl (C=O) groups excluding carboxylic acids is 1. The molecule has 0 saturated carbocycles. The molecule has 0 aromatic carbocycles. The Balaban J connectivity index is 1.71. The van der Waals surface area contributed by atoms with E-state index < -0.39 is 0 Å². The number of nitrogens with zero attached hydrogens (tertiary/aromatic N) is 3. The molecule has 1 aromatic heterocycles. The number of ether oxygens (including phenoxy) is 2. The van der Waals surface area contributed by atoms with E-state index in [-0.39, 0.29) is 23.4 Å². The van der Waals surface area contributed by atoms with Crippen LogP contribution in [0, 0.1) is 0 Å². The van der Waals surface area contributed by atoms with E-state index in [4.69, 9.17) is 9.47 Å². The zero-order valence-corrected chi connectivity index (χ0v) is 11.6. The molecule has 2 atom stereocenters. The van der Waals surface area contributed by atoms with Gasteiger partial charge in [0.15, 0.2) is 0 Å². The summed E-state index contributed by atoms with van der Waals surface area (Å²) in [6.45, 7) is 1.95. The van der Waals surface area contributed by atoms with Crippen LogP contribution in [-0.2, 0) is 9.47 Å². The number of carbonyl (C=O) groups is 1. The molecule has 0 N–H and O–H groups in total. The smallest absolute Gasteiger partial charge is 0.291 e. The summed E-state index contributed by atoms with van der Waals surface area (Å²) in [5.41, 5.74) is -0.247. The average molecular weight is 277 g/mol. The molecule has 2 aliphatic heterocycles. The molecule has 1 aromatic rings. The Bertz CT molecular complexity index is 482. The van der Waals surface area contributed by atoms with Crippen LogP contribution in [0.3, 0.4) is 0 Å². The molecule has 2 aliphatic rings. The van der Waals surface area contributed by atoms with Crippen LogP contribution >= 0.6 is 0 Å². The summed E-state index contributed by atoms with van der Waals surface area (Å²) >= 11 is 0. The summed E-state index contributed by atoms with van der Waals surface area (Å²) in [7, 11) is 1.70. The van der Waals surface area contributed by atoms with Crippen LogP contribution in [0.5, 0.6) is 0 Å². The van der Waals surface area contributed by atoms with Crippen molar-refractivity contribution in [1.29, 1.82) is 0 Å². The molecule has 1 spiro atoms. The highest BCUT2D eigenvalue weighted by Gasteiger charge is 2.44. The van der Waals surface area contributed by atoms with Crippen molar-refractivity contribution < 1.29 is 14.3 Å². The monoisotopic (exact) mass is 277 g/mol. The molecular weight excluding hydrogens is 258 g/mol. The first-order chi connectivity index (χ1) is 9.72. The number of hydrogen-bond donors (Lipinski definition) is 0. The maximum atomic E-state index is 12.4. The van der Waals surface area contributed by atoms with Crippen LogP contribution in [-0.4, -0.2) is 59.3 Å². The molecule has 0 radical (unpaired) electrons. The quantitative estimate of drug-likeness (QED) is 0.803. The first kappa shape index (κ1) is 13.5. The van der Waals surface area contributed by atoms with Crippen molar-refractivity contribution in [2.24, 2.45) is 0 Å². The molecule has 20 heavy (non-hydrogen) atoms. The Morgan fingerprint density at radius 3 is 3.00 bits per heavy atom. The van der Waals surface area contributed by atoms with Gasteiger partial charge in [0.25, 0.3) is 5.91 Å². The molecule has 2 saturated heterocycles. The molecule has 6 heteroatoms. The highest BCUT2D eigenvalue weighted by atomic mass is 16.6. The number of rotatable bonds is 2. The van der Waals surface area contributed by atoms with Gasteiger partial charge in [0.1, 0.15) is 0 Å². The van der Waals surface area contributed by atoms with Crippen molar-refractivity contribution in [3.63, 3.8) is 0 Å². The Morgan fingerprint density at radius 1 is 1.50 bits per heavy atom. The highest BCUT2D eigenvalue weighted by Crippen LogP contribution is 2.35. The van der Waals surface area contributed by atoms with Crippen LogP contribution in [0.25, 0.3) is 0 Å². The van der Waals surface area contributed by atoms with Gasteiger partial charge in [-0.05, 0) is 18.9 Å². The van der Waals surface area contributed by atoms with Gasteiger partial charge < -0.3 is 14.4 Å². The van der Waals surface area contributed by atoms with E-state index in [2.05, 4.69) is 9.97 Å². The van der Waals surface area contributed by atoms with E-state index in [1.54, 1.807) is 30.5 Å². The number of likely N-dealkylation sites (tertiary alicyclic amines) is 1. The van der Waals surface area contributed by atoms with Crippen LogP contribution in [0.2, 0.25) is 0 Å². The Morgan fingerprint density at radius 2 is 2.30 bits per heavy atom. The normalized spacial score (nSPS) is 29.9. The molecule has 0 unspecified atom stereocenters. The average Bonchev–Trinajstić information content (AvgIpc) is 2.90. The number of aromatic nitrogens is 2. The lowest BCUT2D eigenvalue weighted by molar-refractivity contribution is -0.0460. The summed E-state index contributed by atoms with van der Waals surface area (Å²) in [5, 5.41) is 0. The van der Waals surface area contributed by atoms with E-state index >= 15 is 0 Å². The third kappa shape index (κ3) is 2.53. The molecule has 0 aliphatic carbocycles. The lowest BCUT2D eigenvalue weighted by atomic mass is 9.89. The molecule has 3 rings (SSSR count). The van der Waals surface area contributed by atoms with E-state index in [0.717, 1.165) is 25.8 Å². The van der Waals surface area contributed by atoms with Gasteiger partial charge in [0, 0.05) is 32.5 Å². The fourth-order valence-corrected chi connectivity index (χ4v) is 3.06. The standard InChI is InChI=1S/C14H19N3O3/c1-19-11-8-14(20-9-11)4-2-7-17(10-14)13(18)12-15-5-3-6-16-12/h3,5-6,11H,2,4,7-10H2,1H3/t11-,14-/m0/s1. The second kappa shape index (κ2) is 5.46. The number of hydrogen-bond acceptors (Lipinski definition) is 5. The maximum absolute atomic E-state index is 12.4. The predicted octanol–water partition coefficient (Wildman–Crippen LogP) is 0.887. The van der Waals surface area contributed by atoms with E-state index in [0.29, 0.717) is 13.2 Å². The molecule has 2 fully saturated rings. The van der Waals surface area contributed by atoms with Gasteiger partial charge >= 0.3 is 0 Å². The van der Waals surface area contributed by atoms with Crippen LogP contribution in [0.4, 0.5) is 0 Å². The number of methoxy groups -OCH3 is 1. The number of amides is 1. The van der Waals surface area contributed by atoms with Crippen LogP contribution < -0.4 is 0 Å². The summed E-state index contributed by atoms with van der Waals surface area (Å²) in [4.78, 5) is 22.3. The molecular formula is C14H19N3O3. The third-order valence-electron chi connectivity index (χ3n) is 4.09. The minimum atomic E-state index is -0.247. The third-order valence-corrected chi connectivity index (χ3v) is 4.09. The van der Waals surface area contributed by atoms with E-state index in [1.165, 1.54) is 0 Å². The maximum Gasteiger partial charge on any atom is 0.291 e. The molecule has 3 heterocycles. The molecule has 108 valence electrons. The van der Waals surface area contributed by atoms with E-state index in [9.17, 15) is 4.79 Å². The van der Waals surface area contributed by atoms with Crippen LogP contribution in [0.15, 0.2) is 18.5 Å². The lowest BCUT2D eigenvalue weighted by Gasteiger charge is -2.39. The fourth-order valence-electron chi connectivity index (χ4n) is 3.06. The zero-order valence-electron chi connectivity index (χ0n) is 11.6. The topological polar surface area (TPSA) is 64.6 Å². The SMILES string of the molecule is CO[C@@H]1CO[C@@]2(CCCN(C(=O)c3ncccn3)C2)C1. The van der Waals surface area contributed by atoms with Gasteiger partial charge in [-0.1, -0.05) is 0 Å². The molecule has 1 amide bonds. The summed E-state index contributed by atoms with van der Waals surface area (Å²) < 4.78 is 11.3. The Hall–Kier alpha value is -1.53. The van der Waals surface area contributed by atoms with Crippen molar-refractivity contribution in [3.05, 3.63) is 24.3 Å². The second-order valence-electron chi connectivity index (χ2n) is 5.46. The number of piperidine rings is 1. The molecule has 0 bridgehead atoms. The summed E-state index contributed by atoms with van der Waals surface area (Å²) in [5.74, 6) is 0.139. The van der Waals surface area contributed by atoms with Crippen molar-refractivity contribution in [2.75, 3.05) is 26.8 Å². The first-order valence-electron chi connectivity index (χ1n) is 6.95. The first-order valence-corrected chi connectivity index (χ1v) is 6.95. The lowest BCUT2D eigenvalue weighted by Crippen LogP contribution is -2.50. The van der Waals surface area contributed by atoms with E-state index in [1.807, 2.05) is 0 Å². The largest absolute Gasteiger partial charge is 0.379 e. The Kier molecular flexibility index (Phi) is 3.67. The van der Waals surface area contributed by atoms with Gasteiger partial charge in [0.05, 0.1) is 24.9 Å². The zero-order chi connectivity index (χ0) is 14.0. The minimum absolute atomic E-state index is 0.117. The second-order valence-corrected chi connectivity index (χ2v) is 5.46. The van der Waals surface area contributed by atoms with Crippen molar-refractivity contribution >= 4 is 5.91 Å². The minimum Gasteiger partial charge on any atom is -0.379 e. The van der Waals surface area contributed by atoms with Crippen LogP contribution in [0.1, 0.15) is 29.9 Å². The van der Waals surface area contributed by atoms with Gasteiger partial charge in [0.2, 0.25) is 5.82 Å². The fraction of sp³-hybridized carbons (Fsp3) is 0.643. The predicted molar refractivity (Wildman–Crippen MR) is 71.3 cm³/mol. The highest BCUT2D eigenvalue weighted by molar-refractivity contribution is 5.90. The van der Waals surface area contributed by atoms with Crippen molar-refractivity contribution in [2.45, 2.75) is 31.0 Å². The molecule has 6 nitrogen and oxygen atoms in total. The summed E-state index contributed by atoms with van der Waals surface area (Å²) in [6, 6.07) is 1.71. The Labute approximate surface area is 118 Å². The van der Waals surface area contributed by atoms with Crippen molar-refractivity contribution in [3.8, 4) is 0 Å².